The van der Waals surface area contributed by atoms with Gasteiger partial charge in [0.1, 0.15) is 0 Å². The molecule has 0 atom stereocenters. The number of carboxylic acids is 1. The molecule has 0 aliphatic rings. The van der Waals surface area contributed by atoms with E-state index >= 15 is 0 Å². The Morgan fingerprint density at radius 3 is 2.35 bits per heavy atom. The van der Waals surface area contributed by atoms with Crippen molar-refractivity contribution in [2.75, 3.05) is 0 Å². The fourth-order valence-corrected chi connectivity index (χ4v) is 1.75. The van der Waals surface area contributed by atoms with Gasteiger partial charge in [0.05, 0.1) is 11.3 Å². The van der Waals surface area contributed by atoms with Gasteiger partial charge in [0.15, 0.2) is 0 Å². The summed E-state index contributed by atoms with van der Waals surface area (Å²) in [6.45, 7) is 0. The van der Waals surface area contributed by atoms with Crippen LogP contribution in [0.3, 0.4) is 0 Å². The maximum atomic E-state index is 11.4. The van der Waals surface area contributed by atoms with Crippen molar-refractivity contribution in [1.82, 2.24) is 14.8 Å². The summed E-state index contributed by atoms with van der Waals surface area (Å²) in [5.74, 6) is -1.22. The van der Waals surface area contributed by atoms with Crippen LogP contribution in [0.25, 0.3) is 5.69 Å². The second kappa shape index (κ2) is 4.06. The van der Waals surface area contributed by atoms with Crippen LogP contribution < -0.4 is 11.4 Å². The molecule has 8 heteroatoms. The molecule has 0 fully saturated rings. The zero-order valence-corrected chi connectivity index (χ0v) is 9.82. The van der Waals surface area contributed by atoms with E-state index < -0.39 is 17.3 Å². The standard InChI is InChI=1S/C9H6BrN3O4/c10-4-1-2-5(7(14)15)6(3-4)13-8(16)11-12-9(13)17/h1-3H,(H,11,16)(H,12,17)(H,14,15). The number of hydrogen-bond donors (Lipinski definition) is 3. The van der Waals surface area contributed by atoms with E-state index in [2.05, 4.69) is 26.1 Å². The van der Waals surface area contributed by atoms with E-state index in [1.54, 1.807) is 0 Å². The number of H-pyrrole nitrogens is 2. The van der Waals surface area contributed by atoms with Gasteiger partial charge in [-0.15, -0.1) is 0 Å². The first-order valence-corrected chi connectivity index (χ1v) is 5.23. The molecule has 7 nitrogen and oxygen atoms in total. The Labute approximate surface area is 102 Å². The highest BCUT2D eigenvalue weighted by atomic mass is 79.9. The van der Waals surface area contributed by atoms with Gasteiger partial charge in [-0.1, -0.05) is 15.9 Å². The van der Waals surface area contributed by atoms with Crippen molar-refractivity contribution in [2.45, 2.75) is 0 Å². The van der Waals surface area contributed by atoms with Gasteiger partial charge < -0.3 is 5.11 Å². The highest BCUT2D eigenvalue weighted by Crippen LogP contribution is 2.18. The van der Waals surface area contributed by atoms with E-state index in [4.69, 9.17) is 5.11 Å². The Bertz CT molecular complexity index is 669. The third-order valence-electron chi connectivity index (χ3n) is 2.11. The number of nitrogens with zero attached hydrogens (tertiary/aromatic N) is 1. The van der Waals surface area contributed by atoms with Crippen LogP contribution in [0.1, 0.15) is 10.4 Å². The molecule has 3 N–H and O–H groups in total. The van der Waals surface area contributed by atoms with E-state index in [0.29, 0.717) is 9.04 Å². The molecule has 1 aromatic heterocycles. The van der Waals surface area contributed by atoms with Crippen molar-refractivity contribution in [3.63, 3.8) is 0 Å². The number of aromatic carboxylic acids is 1. The van der Waals surface area contributed by atoms with Gasteiger partial charge in [-0.3, -0.25) is 0 Å². The fraction of sp³-hybridized carbons (Fsp3) is 0. The number of carboxylic acid groups (broad SMARTS) is 1. The lowest BCUT2D eigenvalue weighted by atomic mass is 10.2. The second-order valence-electron chi connectivity index (χ2n) is 3.16. The first-order chi connectivity index (χ1) is 8.00. The highest BCUT2D eigenvalue weighted by molar-refractivity contribution is 9.10. The van der Waals surface area contributed by atoms with E-state index in [9.17, 15) is 14.4 Å². The van der Waals surface area contributed by atoms with E-state index in [-0.39, 0.29) is 11.3 Å². The molecule has 0 radical (unpaired) electrons. The monoisotopic (exact) mass is 299 g/mol. The third kappa shape index (κ3) is 1.94. The van der Waals surface area contributed by atoms with Crippen LogP contribution in [0.4, 0.5) is 0 Å². The minimum Gasteiger partial charge on any atom is -0.478 e. The van der Waals surface area contributed by atoms with Crippen molar-refractivity contribution in [2.24, 2.45) is 0 Å². The Morgan fingerprint density at radius 2 is 1.82 bits per heavy atom. The molecule has 0 amide bonds. The zero-order valence-electron chi connectivity index (χ0n) is 8.23. The quantitative estimate of drug-likeness (QED) is 0.742. The molecule has 0 saturated heterocycles. The van der Waals surface area contributed by atoms with Gasteiger partial charge in [-0.2, -0.15) is 0 Å². The maximum Gasteiger partial charge on any atom is 0.349 e. The molecule has 1 heterocycles. The first kappa shape index (κ1) is 11.4. The minimum atomic E-state index is -1.22. The van der Waals surface area contributed by atoms with Crippen molar-refractivity contribution in [3.05, 3.63) is 49.2 Å². The van der Waals surface area contributed by atoms with Crippen LogP contribution in [0.15, 0.2) is 32.3 Å². The third-order valence-corrected chi connectivity index (χ3v) is 2.61. The Kier molecular flexibility index (Phi) is 2.72. The topological polar surface area (TPSA) is 108 Å². The van der Waals surface area contributed by atoms with E-state index in [1.807, 2.05) is 0 Å². The summed E-state index contributed by atoms with van der Waals surface area (Å²) in [7, 11) is 0. The molecular weight excluding hydrogens is 294 g/mol. The maximum absolute atomic E-state index is 11.4. The average Bonchev–Trinajstić information content (AvgIpc) is 2.58. The first-order valence-electron chi connectivity index (χ1n) is 4.43. The number of nitrogens with one attached hydrogen (secondary N) is 2. The van der Waals surface area contributed by atoms with Crippen molar-refractivity contribution in [3.8, 4) is 5.69 Å². The largest absolute Gasteiger partial charge is 0.478 e. The summed E-state index contributed by atoms with van der Waals surface area (Å²) in [5.41, 5.74) is -1.59. The summed E-state index contributed by atoms with van der Waals surface area (Å²) in [5, 5.41) is 13.1. The summed E-state index contributed by atoms with van der Waals surface area (Å²) in [4.78, 5) is 33.8. The predicted molar refractivity (Wildman–Crippen MR) is 61.7 cm³/mol. The van der Waals surface area contributed by atoms with Gasteiger partial charge in [0.25, 0.3) is 0 Å². The lowest BCUT2D eigenvalue weighted by Gasteiger charge is -2.04. The minimum absolute atomic E-state index is 0.000579. The number of aromatic amines is 2. The Balaban J connectivity index is 2.83. The van der Waals surface area contributed by atoms with Gasteiger partial charge in [-0.25, -0.2) is 29.1 Å². The molecule has 88 valence electrons. The number of aromatic nitrogens is 3. The average molecular weight is 300 g/mol. The molecule has 17 heavy (non-hydrogen) atoms. The van der Waals surface area contributed by atoms with Gasteiger partial charge in [-0.05, 0) is 18.2 Å². The van der Waals surface area contributed by atoms with Crippen LogP contribution in [0.2, 0.25) is 0 Å². The number of benzene rings is 1. The smallest absolute Gasteiger partial charge is 0.349 e. The van der Waals surface area contributed by atoms with Crippen LogP contribution in [-0.4, -0.2) is 25.8 Å². The molecule has 2 rings (SSSR count). The number of halogens is 1. The lowest BCUT2D eigenvalue weighted by Crippen LogP contribution is -2.26. The molecule has 0 aliphatic heterocycles. The summed E-state index contributed by atoms with van der Waals surface area (Å²) in [6, 6.07) is 4.20. The van der Waals surface area contributed by atoms with Crippen molar-refractivity contribution < 1.29 is 9.90 Å². The number of rotatable bonds is 2. The van der Waals surface area contributed by atoms with Crippen LogP contribution in [0.5, 0.6) is 0 Å². The summed E-state index contributed by atoms with van der Waals surface area (Å²) >= 11 is 3.15. The van der Waals surface area contributed by atoms with Gasteiger partial charge in [0, 0.05) is 4.47 Å². The molecule has 0 aliphatic carbocycles. The molecule has 0 saturated carbocycles. The summed E-state index contributed by atoms with van der Waals surface area (Å²) in [6.07, 6.45) is 0. The Morgan fingerprint density at radius 1 is 1.24 bits per heavy atom. The van der Waals surface area contributed by atoms with E-state index in [0.717, 1.165) is 0 Å². The van der Waals surface area contributed by atoms with E-state index in [1.165, 1.54) is 18.2 Å². The Hall–Kier alpha value is -2.09. The molecule has 0 unspecified atom stereocenters. The molecular formula is C9H6BrN3O4. The van der Waals surface area contributed by atoms with Crippen LogP contribution in [0, 0.1) is 0 Å². The summed E-state index contributed by atoms with van der Waals surface area (Å²) < 4.78 is 1.28. The second-order valence-corrected chi connectivity index (χ2v) is 4.08. The molecule has 0 bridgehead atoms. The molecule has 2 aromatic rings. The molecule has 1 aromatic carbocycles. The van der Waals surface area contributed by atoms with Gasteiger partial charge in [0.2, 0.25) is 0 Å². The van der Waals surface area contributed by atoms with Crippen LogP contribution in [-0.2, 0) is 0 Å². The van der Waals surface area contributed by atoms with Crippen molar-refractivity contribution >= 4 is 21.9 Å². The van der Waals surface area contributed by atoms with Crippen LogP contribution >= 0.6 is 15.9 Å². The normalized spacial score (nSPS) is 10.4. The zero-order chi connectivity index (χ0) is 12.6. The van der Waals surface area contributed by atoms with Crippen molar-refractivity contribution in [1.29, 1.82) is 0 Å². The highest BCUT2D eigenvalue weighted by Gasteiger charge is 2.15. The fourth-order valence-electron chi connectivity index (χ4n) is 1.40. The SMILES string of the molecule is O=C(O)c1ccc(Br)cc1-n1c(=O)[nH][nH]c1=O. The lowest BCUT2D eigenvalue weighted by molar-refractivity contribution is 0.0697. The molecule has 0 spiro atoms. The predicted octanol–water partition coefficient (Wildman–Crippen LogP) is 0.315. The van der Waals surface area contributed by atoms with Gasteiger partial charge >= 0.3 is 17.3 Å². The number of carbonyl (C=O) groups is 1. The number of hydrogen-bond acceptors (Lipinski definition) is 3.